The van der Waals surface area contributed by atoms with E-state index in [0.717, 1.165) is 98.0 Å². The highest BCUT2D eigenvalue weighted by Crippen LogP contribution is 2.43. The lowest BCUT2D eigenvalue weighted by Crippen LogP contribution is -2.47. The van der Waals surface area contributed by atoms with Crippen LogP contribution in [0.4, 0.5) is 11.4 Å². The van der Waals surface area contributed by atoms with E-state index in [1.54, 1.807) is 30.6 Å². The van der Waals surface area contributed by atoms with Crippen molar-refractivity contribution >= 4 is 55.5 Å². The van der Waals surface area contributed by atoms with Gasteiger partial charge in [0.1, 0.15) is 22.9 Å². The van der Waals surface area contributed by atoms with Crippen LogP contribution in [0.3, 0.4) is 0 Å². The fourth-order valence-corrected chi connectivity index (χ4v) is 9.87. The molecule has 66 heavy (non-hydrogen) atoms. The van der Waals surface area contributed by atoms with Crippen molar-refractivity contribution in [3.05, 3.63) is 142 Å². The fourth-order valence-electron chi connectivity index (χ4n) is 8.69. The maximum absolute atomic E-state index is 14.0. The molecule has 0 spiro atoms. The van der Waals surface area contributed by atoms with Crippen LogP contribution in [0, 0.1) is 12.3 Å². The van der Waals surface area contributed by atoms with Crippen LogP contribution in [0.25, 0.3) is 16.6 Å². The summed E-state index contributed by atoms with van der Waals surface area (Å²) < 4.78 is 42.2. The van der Waals surface area contributed by atoms with Crippen molar-refractivity contribution in [2.45, 2.75) is 57.9 Å². The molecule has 3 heterocycles. The molecule has 4 aromatic carbocycles. The van der Waals surface area contributed by atoms with E-state index in [2.05, 4.69) is 60.7 Å². The molecular weight excluding hydrogens is 870 g/mol. The minimum atomic E-state index is -4.27. The minimum absolute atomic E-state index is 0.0262. The lowest BCUT2D eigenvalue weighted by atomic mass is 9.72. The number of hydrogen-bond acceptors (Lipinski definition) is 10. The molecule has 14 heteroatoms. The second-order valence-corrected chi connectivity index (χ2v) is 20.6. The van der Waals surface area contributed by atoms with Crippen LogP contribution >= 0.6 is 11.6 Å². The Bertz CT molecular complexity index is 2800. The number of sulfonamides is 1. The molecule has 12 nitrogen and oxygen atoms in total. The summed E-state index contributed by atoms with van der Waals surface area (Å²) in [6, 6.07) is 30.0. The van der Waals surface area contributed by atoms with Gasteiger partial charge < -0.3 is 29.6 Å². The Hall–Kier alpha value is -5.86. The zero-order valence-electron chi connectivity index (χ0n) is 38.5. The van der Waals surface area contributed by atoms with Gasteiger partial charge >= 0.3 is 0 Å². The van der Waals surface area contributed by atoms with Gasteiger partial charge in [-0.15, -0.1) is 0 Å². The second-order valence-electron chi connectivity index (χ2n) is 18.5. The van der Waals surface area contributed by atoms with Gasteiger partial charge in [-0.1, -0.05) is 55.3 Å². The lowest BCUT2D eigenvalue weighted by Gasteiger charge is -2.39. The Kier molecular flexibility index (Phi) is 14.4. The van der Waals surface area contributed by atoms with Crippen LogP contribution in [-0.2, 0) is 16.6 Å². The number of carbonyl (C=O) groups excluding carboxylic acids is 1. The van der Waals surface area contributed by atoms with Crippen LogP contribution in [-0.4, -0.2) is 94.1 Å². The first-order chi connectivity index (χ1) is 31.7. The number of H-pyrrole nitrogens is 1. The largest absolute Gasteiger partial charge is 0.494 e. The molecule has 1 aliphatic carbocycles. The molecule has 0 saturated carbocycles. The number of hydrogen-bond donors (Lipinski definition) is 3. The van der Waals surface area contributed by atoms with Gasteiger partial charge in [0.05, 0.1) is 23.3 Å². The summed E-state index contributed by atoms with van der Waals surface area (Å²) in [5.74, 6) is 0.658. The van der Waals surface area contributed by atoms with E-state index in [0.29, 0.717) is 30.1 Å². The molecule has 0 radical (unpaired) electrons. The highest BCUT2D eigenvalue weighted by atomic mass is 35.5. The number of allylic oxidation sites excluding steroid dienone is 1. The van der Waals surface area contributed by atoms with E-state index in [1.165, 1.54) is 22.8 Å². The minimum Gasteiger partial charge on any atom is -0.494 e. The van der Waals surface area contributed by atoms with Gasteiger partial charge in [0, 0.05) is 79.9 Å². The number of benzene rings is 4. The quantitative estimate of drug-likeness (QED) is 0.0760. The summed E-state index contributed by atoms with van der Waals surface area (Å²) in [6.45, 7) is 12.9. The number of rotatable bonds is 17. The molecule has 0 unspecified atom stereocenters. The maximum Gasteiger partial charge on any atom is 0.268 e. The summed E-state index contributed by atoms with van der Waals surface area (Å²) in [6.07, 6.45) is 7.59. The zero-order chi connectivity index (χ0) is 46.4. The molecule has 1 aliphatic heterocycles. The lowest BCUT2D eigenvalue weighted by molar-refractivity contribution is 0.0979. The number of fused-ring (bicyclic) bond motifs is 1. The molecule has 2 aliphatic rings. The van der Waals surface area contributed by atoms with E-state index in [-0.39, 0.29) is 21.6 Å². The fraction of sp³-hybridized carbons (Fsp3) is 0.346. The molecule has 0 bridgehead atoms. The molecule has 2 aromatic heterocycles. The van der Waals surface area contributed by atoms with Crippen molar-refractivity contribution in [1.82, 2.24) is 24.5 Å². The van der Waals surface area contributed by atoms with Crippen molar-refractivity contribution in [2.24, 2.45) is 5.41 Å². The summed E-state index contributed by atoms with van der Waals surface area (Å²) >= 11 is 6.26. The Morgan fingerprint density at radius 1 is 0.924 bits per heavy atom. The van der Waals surface area contributed by atoms with Crippen LogP contribution in [0.15, 0.2) is 120 Å². The number of aromatic nitrogens is 2. The van der Waals surface area contributed by atoms with Crippen molar-refractivity contribution in [2.75, 3.05) is 70.2 Å². The first kappa shape index (κ1) is 46.7. The third-order valence-corrected chi connectivity index (χ3v) is 14.1. The van der Waals surface area contributed by atoms with Gasteiger partial charge in [-0.25, -0.2) is 18.1 Å². The molecule has 0 atom stereocenters. The second kappa shape index (κ2) is 20.3. The van der Waals surface area contributed by atoms with Crippen molar-refractivity contribution in [3.8, 4) is 17.2 Å². The van der Waals surface area contributed by atoms with Crippen molar-refractivity contribution in [1.29, 1.82) is 0 Å². The SMILES string of the molecule is Cc1cc(S(=O)(=O)NC(=O)c2ccc(N3CCN(CC4=C(c5ccc(Cl)cc5)CC(C)(C)CC4)CC3)cc2Oc2cnc3[nH]ccc3c2)ccc1NCc1ccc(OCCCN(C)C)cc1. The number of anilines is 2. The predicted octanol–water partition coefficient (Wildman–Crippen LogP) is 10.2. The summed E-state index contributed by atoms with van der Waals surface area (Å²) in [7, 11) is -0.175. The standard InChI is InChI=1S/C52H60ClN7O5S/c1-36-29-45(16-18-48(36)55-33-37-7-14-43(15-8-37)64-28-6-23-58(4)5)66(62,63)57-51(61)46-17-13-42(31-49(46)65-44-30-39-20-22-54-50(39)56-34-44)60-26-24-59(25-27-60)35-40-19-21-52(2,3)32-47(40)38-9-11-41(53)12-10-38/h7-18,20,22,29-31,34,55H,6,19,21,23-28,32-33,35H2,1-5H3,(H,54,56)(H,57,61). The average Bonchev–Trinajstić information content (AvgIpc) is 3.77. The van der Waals surface area contributed by atoms with Crippen LogP contribution in [0.2, 0.25) is 5.02 Å². The zero-order valence-corrected chi connectivity index (χ0v) is 40.1. The highest BCUT2D eigenvalue weighted by molar-refractivity contribution is 7.90. The molecule has 8 rings (SSSR count). The number of nitrogens with one attached hydrogen (secondary N) is 3. The number of aromatic amines is 1. The molecule has 1 amide bonds. The first-order valence-electron chi connectivity index (χ1n) is 22.7. The molecular formula is C52H60ClN7O5S. The van der Waals surface area contributed by atoms with Gasteiger partial charge in [0.2, 0.25) is 0 Å². The van der Waals surface area contributed by atoms with E-state index in [9.17, 15) is 13.2 Å². The third kappa shape index (κ3) is 11.7. The number of carbonyl (C=O) groups is 1. The van der Waals surface area contributed by atoms with E-state index < -0.39 is 15.9 Å². The predicted molar refractivity (Wildman–Crippen MR) is 266 cm³/mol. The number of halogens is 1. The number of ether oxygens (including phenoxy) is 2. The molecule has 3 N–H and O–H groups in total. The van der Waals surface area contributed by atoms with E-state index in [1.807, 2.05) is 81.7 Å². The summed E-state index contributed by atoms with van der Waals surface area (Å²) in [4.78, 5) is 28.5. The monoisotopic (exact) mass is 929 g/mol. The van der Waals surface area contributed by atoms with Gasteiger partial charge in [0.25, 0.3) is 15.9 Å². The van der Waals surface area contributed by atoms with Gasteiger partial charge in [-0.2, -0.15) is 0 Å². The number of amides is 1. The number of aryl methyl sites for hydroxylation is 1. The van der Waals surface area contributed by atoms with Crippen LogP contribution in [0.5, 0.6) is 17.2 Å². The molecule has 1 fully saturated rings. The van der Waals surface area contributed by atoms with Crippen LogP contribution in [0.1, 0.15) is 66.6 Å². The summed E-state index contributed by atoms with van der Waals surface area (Å²) in [5, 5.41) is 4.98. The van der Waals surface area contributed by atoms with E-state index in [4.69, 9.17) is 21.1 Å². The summed E-state index contributed by atoms with van der Waals surface area (Å²) in [5.41, 5.74) is 8.63. The third-order valence-electron chi connectivity index (χ3n) is 12.5. The molecule has 6 aromatic rings. The van der Waals surface area contributed by atoms with Gasteiger partial charge in [-0.05, 0) is 141 Å². The Balaban J connectivity index is 0.944. The molecule has 346 valence electrons. The Morgan fingerprint density at radius 2 is 1.70 bits per heavy atom. The maximum atomic E-state index is 14.0. The van der Waals surface area contributed by atoms with E-state index >= 15 is 0 Å². The topological polar surface area (TPSA) is 132 Å². The average molecular weight is 931 g/mol. The van der Waals surface area contributed by atoms with Crippen molar-refractivity contribution < 1.29 is 22.7 Å². The normalized spacial score (nSPS) is 15.6. The first-order valence-corrected chi connectivity index (χ1v) is 24.5. The number of nitrogens with zero attached hydrogens (tertiary/aromatic N) is 4. The highest BCUT2D eigenvalue weighted by Gasteiger charge is 2.30. The van der Waals surface area contributed by atoms with Crippen molar-refractivity contribution in [3.63, 3.8) is 0 Å². The number of piperazine rings is 1. The smallest absolute Gasteiger partial charge is 0.268 e. The number of pyridine rings is 1. The van der Waals surface area contributed by atoms with Gasteiger partial charge in [-0.3, -0.25) is 9.69 Å². The molecule has 1 saturated heterocycles. The van der Waals surface area contributed by atoms with Gasteiger partial charge in [0.15, 0.2) is 0 Å². The Labute approximate surface area is 394 Å². The van der Waals surface area contributed by atoms with Crippen LogP contribution < -0.4 is 24.4 Å². The Morgan fingerprint density at radius 3 is 2.44 bits per heavy atom.